The fraction of sp³-hybridized carbons (Fsp3) is 0.190. The molecule has 0 bridgehead atoms. The highest BCUT2D eigenvalue weighted by molar-refractivity contribution is 5.95. The van der Waals surface area contributed by atoms with E-state index in [1.54, 1.807) is 12.1 Å². The van der Waals surface area contributed by atoms with E-state index in [1.165, 1.54) is 0 Å². The number of aromatic hydroxyl groups is 1. The van der Waals surface area contributed by atoms with Crippen LogP contribution in [0.4, 0.5) is 0 Å². The Hall–Kier alpha value is -3.59. The Labute approximate surface area is 157 Å². The molecule has 0 aliphatic carbocycles. The number of hydrogen-bond donors (Lipinski definition) is 3. The van der Waals surface area contributed by atoms with Gasteiger partial charge in [0.05, 0.1) is 17.0 Å². The Morgan fingerprint density at radius 3 is 2.30 bits per heavy atom. The average Bonchev–Trinajstić information content (AvgIpc) is 3.06. The van der Waals surface area contributed by atoms with Crippen molar-refractivity contribution in [3.63, 3.8) is 0 Å². The molecule has 6 nitrogen and oxygen atoms in total. The van der Waals surface area contributed by atoms with Crippen LogP contribution < -0.4 is 5.73 Å². The van der Waals surface area contributed by atoms with E-state index in [0.29, 0.717) is 42.8 Å². The Kier molecular flexibility index (Phi) is 5.53. The van der Waals surface area contributed by atoms with Gasteiger partial charge >= 0.3 is 0 Å². The maximum atomic E-state index is 12.0. The van der Waals surface area contributed by atoms with E-state index in [-0.39, 0.29) is 5.75 Å². The lowest BCUT2D eigenvalue weighted by Gasteiger charge is -2.04. The van der Waals surface area contributed by atoms with Gasteiger partial charge in [-0.2, -0.15) is 5.10 Å². The largest absolute Gasteiger partial charge is 0.508 e. The summed E-state index contributed by atoms with van der Waals surface area (Å²) in [5.74, 6) is -0.273. The summed E-state index contributed by atoms with van der Waals surface area (Å²) in [4.78, 5) is 15.4. The van der Waals surface area contributed by atoms with Gasteiger partial charge in [-0.25, -0.2) is 6.57 Å². The van der Waals surface area contributed by atoms with Crippen molar-refractivity contribution in [2.45, 2.75) is 25.8 Å². The van der Waals surface area contributed by atoms with E-state index < -0.39 is 5.91 Å². The van der Waals surface area contributed by atoms with Crippen LogP contribution in [0.15, 0.2) is 48.5 Å². The number of aryl methyl sites for hydroxylation is 2. The molecule has 3 aromatic rings. The summed E-state index contributed by atoms with van der Waals surface area (Å²) in [5.41, 5.74) is 10.4. The SMILES string of the molecule is [C-]#[N+]Cc1ccc(Cc2[nH]nc(CCc3ccc(O)cc3)c2C(N)=O)cc1. The first-order valence-corrected chi connectivity index (χ1v) is 8.61. The third-order valence-electron chi connectivity index (χ3n) is 4.41. The summed E-state index contributed by atoms with van der Waals surface area (Å²) in [7, 11) is 0. The number of nitrogens with two attached hydrogens (primary N) is 1. The number of H-pyrrole nitrogens is 1. The summed E-state index contributed by atoms with van der Waals surface area (Å²) in [6, 6.07) is 14.7. The third kappa shape index (κ3) is 4.53. The van der Waals surface area contributed by atoms with Crippen molar-refractivity contribution >= 4 is 5.91 Å². The van der Waals surface area contributed by atoms with E-state index in [1.807, 2.05) is 36.4 Å². The topological polar surface area (TPSA) is 96.4 Å². The fourth-order valence-electron chi connectivity index (χ4n) is 3.00. The minimum atomic E-state index is -0.496. The number of carbonyl (C=O) groups is 1. The van der Waals surface area contributed by atoms with Crippen LogP contribution in [0.3, 0.4) is 0 Å². The third-order valence-corrected chi connectivity index (χ3v) is 4.41. The Morgan fingerprint density at radius 2 is 1.67 bits per heavy atom. The van der Waals surface area contributed by atoms with Crippen molar-refractivity contribution in [3.05, 3.63) is 93.6 Å². The molecule has 0 aliphatic rings. The molecule has 6 heteroatoms. The molecule has 0 aliphatic heterocycles. The van der Waals surface area contributed by atoms with E-state index in [4.69, 9.17) is 12.3 Å². The summed E-state index contributed by atoms with van der Waals surface area (Å²) in [6.45, 7) is 7.27. The van der Waals surface area contributed by atoms with Gasteiger partial charge in [-0.3, -0.25) is 9.89 Å². The number of aromatic nitrogens is 2. The minimum Gasteiger partial charge on any atom is -0.508 e. The molecule has 0 unspecified atom stereocenters. The smallest absolute Gasteiger partial charge is 0.252 e. The van der Waals surface area contributed by atoms with Crippen molar-refractivity contribution in [1.82, 2.24) is 10.2 Å². The molecule has 0 fully saturated rings. The molecule has 27 heavy (non-hydrogen) atoms. The predicted molar refractivity (Wildman–Crippen MR) is 102 cm³/mol. The van der Waals surface area contributed by atoms with E-state index in [0.717, 1.165) is 16.7 Å². The lowest BCUT2D eigenvalue weighted by Crippen LogP contribution is -2.15. The lowest BCUT2D eigenvalue weighted by atomic mass is 10.0. The van der Waals surface area contributed by atoms with E-state index in [9.17, 15) is 9.90 Å². The molecule has 0 atom stereocenters. The molecule has 3 rings (SSSR count). The van der Waals surface area contributed by atoms with Gasteiger partial charge in [-0.1, -0.05) is 36.4 Å². The fourth-order valence-corrected chi connectivity index (χ4v) is 3.00. The molecule has 4 N–H and O–H groups in total. The van der Waals surface area contributed by atoms with Gasteiger partial charge < -0.3 is 15.7 Å². The van der Waals surface area contributed by atoms with Gasteiger partial charge in [-0.15, -0.1) is 0 Å². The van der Waals surface area contributed by atoms with Gasteiger partial charge in [0, 0.05) is 12.0 Å². The normalized spacial score (nSPS) is 10.5. The zero-order valence-electron chi connectivity index (χ0n) is 14.8. The van der Waals surface area contributed by atoms with Crippen LogP contribution in [0.25, 0.3) is 4.85 Å². The van der Waals surface area contributed by atoms with Crippen molar-refractivity contribution < 1.29 is 9.90 Å². The molecular weight excluding hydrogens is 340 g/mol. The van der Waals surface area contributed by atoms with Crippen LogP contribution in [0, 0.1) is 6.57 Å². The highest BCUT2D eigenvalue weighted by Crippen LogP contribution is 2.19. The number of nitrogens with zero attached hydrogens (tertiary/aromatic N) is 2. The second-order valence-corrected chi connectivity index (χ2v) is 6.36. The van der Waals surface area contributed by atoms with Gasteiger partial charge in [0.2, 0.25) is 6.54 Å². The number of amides is 1. The standard InChI is InChI=1S/C21H20N4O2/c1-23-13-16-4-2-15(3-5-16)12-19-20(21(22)27)18(24-25-19)11-8-14-6-9-17(26)10-7-14/h2-7,9-10,26H,8,11-13H2,(H2,22,27)(H,24,25). The minimum absolute atomic E-state index is 0.223. The second kappa shape index (κ2) is 8.19. The Bertz CT molecular complexity index is 967. The summed E-state index contributed by atoms with van der Waals surface area (Å²) in [6.07, 6.45) is 1.78. The number of nitrogens with one attached hydrogen (secondary N) is 1. The van der Waals surface area contributed by atoms with Crippen molar-refractivity contribution in [2.75, 3.05) is 0 Å². The first-order chi connectivity index (χ1) is 13.1. The Balaban J connectivity index is 1.75. The maximum absolute atomic E-state index is 12.0. The van der Waals surface area contributed by atoms with E-state index in [2.05, 4.69) is 15.0 Å². The van der Waals surface area contributed by atoms with Gasteiger partial charge in [-0.05, 0) is 36.1 Å². The second-order valence-electron chi connectivity index (χ2n) is 6.36. The lowest BCUT2D eigenvalue weighted by molar-refractivity contribution is 0.0998. The number of phenolic OH excluding ortho intramolecular Hbond substituents is 1. The first-order valence-electron chi connectivity index (χ1n) is 8.61. The molecule has 1 heterocycles. The monoisotopic (exact) mass is 360 g/mol. The number of primary amides is 1. The van der Waals surface area contributed by atoms with Gasteiger partial charge in [0.25, 0.3) is 5.91 Å². The van der Waals surface area contributed by atoms with Crippen LogP contribution in [-0.2, 0) is 25.8 Å². The van der Waals surface area contributed by atoms with Crippen molar-refractivity contribution in [3.8, 4) is 5.75 Å². The molecular formula is C21H20N4O2. The van der Waals surface area contributed by atoms with Crippen LogP contribution in [0.1, 0.15) is 38.4 Å². The predicted octanol–water partition coefficient (Wildman–Crippen LogP) is 3.01. The number of aromatic amines is 1. The van der Waals surface area contributed by atoms with Crippen molar-refractivity contribution in [1.29, 1.82) is 0 Å². The van der Waals surface area contributed by atoms with Crippen LogP contribution >= 0.6 is 0 Å². The van der Waals surface area contributed by atoms with Gasteiger partial charge in [0.15, 0.2) is 0 Å². The Morgan fingerprint density at radius 1 is 1.04 bits per heavy atom. The molecule has 0 saturated heterocycles. The molecule has 0 saturated carbocycles. The number of benzene rings is 2. The van der Waals surface area contributed by atoms with Crippen molar-refractivity contribution in [2.24, 2.45) is 5.73 Å². The highest BCUT2D eigenvalue weighted by atomic mass is 16.3. The van der Waals surface area contributed by atoms with E-state index >= 15 is 0 Å². The van der Waals surface area contributed by atoms with Gasteiger partial charge in [0.1, 0.15) is 5.75 Å². The summed E-state index contributed by atoms with van der Waals surface area (Å²) in [5, 5.41) is 16.6. The quantitative estimate of drug-likeness (QED) is 0.565. The highest BCUT2D eigenvalue weighted by Gasteiger charge is 2.18. The number of hydrogen-bond acceptors (Lipinski definition) is 3. The summed E-state index contributed by atoms with van der Waals surface area (Å²) >= 11 is 0. The van der Waals surface area contributed by atoms with Crippen LogP contribution in [0.5, 0.6) is 5.75 Å². The number of rotatable bonds is 7. The molecule has 1 aromatic heterocycles. The summed E-state index contributed by atoms with van der Waals surface area (Å²) < 4.78 is 0. The molecule has 0 spiro atoms. The maximum Gasteiger partial charge on any atom is 0.252 e. The zero-order chi connectivity index (χ0) is 19.2. The van der Waals surface area contributed by atoms with Crippen LogP contribution in [-0.4, -0.2) is 21.2 Å². The van der Waals surface area contributed by atoms with Crippen LogP contribution in [0.2, 0.25) is 0 Å². The number of carbonyl (C=O) groups excluding carboxylic acids is 1. The average molecular weight is 360 g/mol. The number of phenols is 1. The molecule has 2 aromatic carbocycles. The first kappa shape index (κ1) is 18.2. The molecule has 0 radical (unpaired) electrons. The molecule has 136 valence electrons. The zero-order valence-corrected chi connectivity index (χ0v) is 14.8. The molecule has 1 amide bonds.